The summed E-state index contributed by atoms with van der Waals surface area (Å²) in [6, 6.07) is 25.3. The average molecular weight is 1130 g/mol. The molecule has 0 aliphatic carbocycles. The van der Waals surface area contributed by atoms with Crippen LogP contribution in [-0.2, 0) is 51.4 Å². The lowest BCUT2D eigenvalue weighted by Crippen LogP contribution is -2.14. The number of benzene rings is 7. The van der Waals surface area contributed by atoms with Crippen LogP contribution in [0.4, 0.5) is 34.1 Å². The Bertz CT molecular complexity index is 3800. The molecule has 404 valence electrons. The standard InChI is InChI=1S/C53H52N4O16S4/c1-30-23-32(3)52(34(5)46(30)28-74(62,63)40-15-11-38(12-16-40)56(58)59)54-36-9-20-43(48(25-36)72-7)51(45-22-19-42(76(66,67)68)27-50(45)77(69,70)71)44-21-10-37(26-49(44)73-8)55-53-33(4)24-31(2)47(35(53)6)29-75(64,65)41-17-13-39(14-18-41)57(60)61/h9-27,51,54-55H,28-29H2,1-8H3,(H,66,67,68)(H,69,70,71). The molecule has 24 heteroatoms. The molecule has 0 atom stereocenters. The Morgan fingerprint density at radius 3 is 1.18 bits per heavy atom. The molecular weight excluding hydrogens is 1080 g/mol. The highest BCUT2D eigenvalue weighted by molar-refractivity contribution is 7.91. The zero-order valence-electron chi connectivity index (χ0n) is 42.6. The van der Waals surface area contributed by atoms with Gasteiger partial charge in [-0.3, -0.25) is 29.3 Å². The fraction of sp³-hybridized carbons (Fsp3) is 0.208. The Labute approximate surface area is 445 Å². The van der Waals surface area contributed by atoms with Gasteiger partial charge in [-0.25, -0.2) is 16.8 Å². The number of nitrogens with one attached hydrogen (secondary N) is 2. The van der Waals surface area contributed by atoms with E-state index >= 15 is 0 Å². The molecule has 0 saturated heterocycles. The van der Waals surface area contributed by atoms with Gasteiger partial charge in [-0.1, -0.05) is 30.3 Å². The Hall–Kier alpha value is -7.74. The number of ether oxygens (including phenoxy) is 2. The quantitative estimate of drug-likeness (QED) is 0.0253. The van der Waals surface area contributed by atoms with Crippen molar-refractivity contribution in [3.05, 3.63) is 197 Å². The van der Waals surface area contributed by atoms with Gasteiger partial charge in [0, 0.05) is 76.2 Å². The number of nitrogens with zero attached hydrogens (tertiary/aromatic N) is 2. The molecule has 7 rings (SSSR count). The summed E-state index contributed by atoms with van der Waals surface area (Å²) in [4.78, 5) is 19.3. The smallest absolute Gasteiger partial charge is 0.294 e. The van der Waals surface area contributed by atoms with Gasteiger partial charge in [0.25, 0.3) is 31.6 Å². The lowest BCUT2D eigenvalue weighted by atomic mass is 9.83. The number of aryl methyl sites for hydroxylation is 4. The number of non-ortho nitro benzene ring substituents is 2. The fourth-order valence-electron chi connectivity index (χ4n) is 9.36. The molecule has 77 heavy (non-hydrogen) atoms. The van der Waals surface area contributed by atoms with Crippen LogP contribution >= 0.6 is 0 Å². The van der Waals surface area contributed by atoms with Crippen LogP contribution < -0.4 is 20.1 Å². The molecule has 0 aliphatic rings. The normalized spacial score (nSPS) is 12.1. The number of anilines is 4. The van der Waals surface area contributed by atoms with Crippen molar-refractivity contribution in [2.75, 3.05) is 24.9 Å². The molecule has 0 fully saturated rings. The lowest BCUT2D eigenvalue weighted by molar-refractivity contribution is -0.385. The van der Waals surface area contributed by atoms with Crippen molar-refractivity contribution in [3.63, 3.8) is 0 Å². The molecule has 20 nitrogen and oxygen atoms in total. The highest BCUT2D eigenvalue weighted by Crippen LogP contribution is 2.46. The first kappa shape index (κ1) is 57.0. The van der Waals surface area contributed by atoms with Crippen molar-refractivity contribution in [1.82, 2.24) is 0 Å². The Balaban J connectivity index is 1.31. The van der Waals surface area contributed by atoms with Crippen molar-refractivity contribution >= 4 is 74.0 Å². The minimum Gasteiger partial charge on any atom is -0.496 e. The minimum atomic E-state index is -5.24. The number of nitro groups is 2. The summed E-state index contributed by atoms with van der Waals surface area (Å²) in [5, 5.41) is 29.2. The van der Waals surface area contributed by atoms with Crippen LogP contribution in [0.25, 0.3) is 0 Å². The van der Waals surface area contributed by atoms with Crippen LogP contribution in [0.3, 0.4) is 0 Å². The number of hydrogen-bond acceptors (Lipinski definition) is 16. The average Bonchev–Trinajstić information content (AvgIpc) is 3.38. The summed E-state index contributed by atoms with van der Waals surface area (Å²) < 4.78 is 138. The molecule has 0 saturated carbocycles. The van der Waals surface area contributed by atoms with Gasteiger partial charge < -0.3 is 20.1 Å². The molecule has 0 spiro atoms. The van der Waals surface area contributed by atoms with Crippen molar-refractivity contribution in [3.8, 4) is 11.5 Å². The molecule has 0 aromatic heterocycles. The zero-order chi connectivity index (χ0) is 56.7. The van der Waals surface area contributed by atoms with Gasteiger partial charge in [-0.05, 0) is 140 Å². The van der Waals surface area contributed by atoms with Gasteiger partial charge in [0.1, 0.15) is 11.5 Å². The maximum Gasteiger partial charge on any atom is 0.294 e. The first-order valence-electron chi connectivity index (χ1n) is 23.1. The summed E-state index contributed by atoms with van der Waals surface area (Å²) in [6.07, 6.45) is 0. The van der Waals surface area contributed by atoms with E-state index in [1.165, 1.54) is 38.5 Å². The van der Waals surface area contributed by atoms with Crippen molar-refractivity contribution in [2.24, 2.45) is 0 Å². The van der Waals surface area contributed by atoms with Gasteiger partial charge in [0.05, 0.1) is 55.2 Å². The third kappa shape index (κ3) is 12.1. The number of hydrogen-bond donors (Lipinski definition) is 4. The molecule has 4 N–H and O–H groups in total. The van der Waals surface area contributed by atoms with E-state index in [2.05, 4.69) is 10.6 Å². The van der Waals surface area contributed by atoms with E-state index in [4.69, 9.17) is 9.47 Å². The summed E-state index contributed by atoms with van der Waals surface area (Å²) >= 11 is 0. The SMILES string of the molecule is COc1cc(Nc2c(C)cc(C)c(CS(=O)(=O)c3ccc([N+](=O)[O-])cc3)c2C)ccc1C(c1ccc(Nc2c(C)cc(C)c(CS(=O)(=O)c3ccc([N+](=O)[O-])cc3)c2C)cc1OC)c1ccc(S(=O)(=O)O)cc1S(=O)(=O)O. The van der Waals surface area contributed by atoms with Crippen molar-refractivity contribution in [2.45, 2.75) is 78.5 Å². The summed E-state index contributed by atoms with van der Waals surface area (Å²) in [7, 11) is -15.5. The van der Waals surface area contributed by atoms with E-state index in [1.54, 1.807) is 64.1 Å². The van der Waals surface area contributed by atoms with Crippen LogP contribution in [0.1, 0.15) is 67.1 Å². The summed E-state index contributed by atoms with van der Waals surface area (Å²) in [5.41, 5.74) is 6.80. The Kier molecular flexibility index (Phi) is 16.1. The van der Waals surface area contributed by atoms with Crippen LogP contribution in [0, 0.1) is 61.8 Å². The van der Waals surface area contributed by atoms with Gasteiger partial charge >= 0.3 is 0 Å². The van der Waals surface area contributed by atoms with E-state index in [1.807, 2.05) is 26.0 Å². The van der Waals surface area contributed by atoms with E-state index in [0.29, 0.717) is 62.2 Å². The topological polar surface area (TPSA) is 306 Å². The van der Waals surface area contributed by atoms with E-state index in [9.17, 15) is 63.0 Å². The first-order valence-corrected chi connectivity index (χ1v) is 29.3. The number of methoxy groups -OCH3 is 2. The largest absolute Gasteiger partial charge is 0.496 e. The van der Waals surface area contributed by atoms with Crippen molar-refractivity contribution < 1.29 is 62.1 Å². The van der Waals surface area contributed by atoms with Crippen molar-refractivity contribution in [1.29, 1.82) is 0 Å². The molecule has 7 aromatic rings. The number of sulfone groups is 2. The third-order valence-corrected chi connectivity index (χ3v) is 18.3. The maximum atomic E-state index is 13.7. The highest BCUT2D eigenvalue weighted by atomic mass is 32.2. The number of rotatable bonds is 19. The zero-order valence-corrected chi connectivity index (χ0v) is 45.9. The van der Waals surface area contributed by atoms with Gasteiger partial charge in [0.15, 0.2) is 19.7 Å². The Morgan fingerprint density at radius 1 is 0.481 bits per heavy atom. The number of nitro benzene ring substituents is 2. The van der Waals surface area contributed by atoms with Crippen LogP contribution in [-0.4, -0.2) is 66.8 Å². The van der Waals surface area contributed by atoms with Crippen LogP contribution in [0.2, 0.25) is 0 Å². The monoisotopic (exact) mass is 1130 g/mol. The Morgan fingerprint density at radius 2 is 0.844 bits per heavy atom. The molecule has 0 heterocycles. The van der Waals surface area contributed by atoms with Crippen LogP contribution in [0.15, 0.2) is 135 Å². The second-order valence-corrected chi connectivity index (χ2v) is 25.0. The van der Waals surface area contributed by atoms with Gasteiger partial charge in [-0.15, -0.1) is 0 Å². The van der Waals surface area contributed by atoms with E-state index in [-0.39, 0.29) is 49.4 Å². The second kappa shape index (κ2) is 21.7. The predicted molar refractivity (Wildman–Crippen MR) is 289 cm³/mol. The first-order chi connectivity index (χ1) is 35.9. The van der Waals surface area contributed by atoms with E-state index < -0.39 is 77.0 Å². The fourth-order valence-corrected chi connectivity index (χ4v) is 13.8. The molecule has 0 aliphatic heterocycles. The lowest BCUT2D eigenvalue weighted by Gasteiger charge is -2.26. The van der Waals surface area contributed by atoms with Gasteiger partial charge in [0.2, 0.25) is 0 Å². The maximum absolute atomic E-state index is 13.7. The minimum absolute atomic E-state index is 0.0979. The van der Waals surface area contributed by atoms with E-state index in [0.717, 1.165) is 47.5 Å². The molecule has 0 unspecified atom stereocenters. The van der Waals surface area contributed by atoms with Gasteiger partial charge in [-0.2, -0.15) is 16.8 Å². The molecule has 7 aromatic carbocycles. The second-order valence-electron chi connectivity index (χ2n) is 18.2. The summed E-state index contributed by atoms with van der Waals surface area (Å²) in [5.74, 6) is -1.80. The molecule has 0 bridgehead atoms. The molecular formula is C53H52N4O16S4. The molecule has 0 radical (unpaired) electrons. The predicted octanol–water partition coefficient (Wildman–Crippen LogP) is 10.5. The molecule has 0 amide bonds. The highest BCUT2D eigenvalue weighted by Gasteiger charge is 2.32. The third-order valence-electron chi connectivity index (χ3n) is 13.2. The summed E-state index contributed by atoms with van der Waals surface area (Å²) in [6.45, 7) is 10.7. The van der Waals surface area contributed by atoms with Crippen LogP contribution in [0.5, 0.6) is 11.5 Å².